The van der Waals surface area contributed by atoms with E-state index < -0.39 is 0 Å². The Labute approximate surface area is 105 Å². The number of pyridine rings is 1. The highest BCUT2D eigenvalue weighted by Gasteiger charge is 2.06. The van der Waals surface area contributed by atoms with Gasteiger partial charge < -0.3 is 9.84 Å². The molecular formula is C13H12ClNO2. The van der Waals surface area contributed by atoms with Crippen molar-refractivity contribution in [3.8, 4) is 11.6 Å². The molecule has 0 atom stereocenters. The highest BCUT2D eigenvalue weighted by atomic mass is 35.5. The Bertz CT molecular complexity index is 529. The molecule has 0 radical (unpaired) electrons. The zero-order valence-corrected chi connectivity index (χ0v) is 10.1. The number of para-hydroxylation sites is 1. The lowest BCUT2D eigenvalue weighted by Crippen LogP contribution is -1.94. The first-order chi connectivity index (χ1) is 8.20. The summed E-state index contributed by atoms with van der Waals surface area (Å²) in [5.41, 5.74) is 1.62. The maximum absolute atomic E-state index is 8.98. The molecule has 0 spiro atoms. The Morgan fingerprint density at radius 1 is 1.35 bits per heavy atom. The molecule has 88 valence electrons. The molecule has 0 amide bonds. The summed E-state index contributed by atoms with van der Waals surface area (Å²) >= 11 is 5.99. The van der Waals surface area contributed by atoms with Crippen molar-refractivity contribution in [3.63, 3.8) is 0 Å². The smallest absolute Gasteiger partial charge is 0.222 e. The van der Waals surface area contributed by atoms with Crippen molar-refractivity contribution in [2.45, 2.75) is 13.5 Å². The maximum atomic E-state index is 8.98. The predicted octanol–water partition coefficient (Wildman–Crippen LogP) is 3.33. The number of rotatable bonds is 3. The van der Waals surface area contributed by atoms with Gasteiger partial charge >= 0.3 is 0 Å². The molecule has 17 heavy (non-hydrogen) atoms. The van der Waals surface area contributed by atoms with Crippen LogP contribution in [0.3, 0.4) is 0 Å². The highest BCUT2D eigenvalue weighted by molar-refractivity contribution is 6.32. The molecule has 3 nitrogen and oxygen atoms in total. The summed E-state index contributed by atoms with van der Waals surface area (Å²) in [4.78, 5) is 4.14. The maximum Gasteiger partial charge on any atom is 0.222 e. The van der Waals surface area contributed by atoms with E-state index in [4.69, 9.17) is 21.4 Å². The lowest BCUT2D eigenvalue weighted by molar-refractivity contribution is 0.281. The van der Waals surface area contributed by atoms with E-state index in [-0.39, 0.29) is 6.61 Å². The van der Waals surface area contributed by atoms with Gasteiger partial charge in [-0.3, -0.25) is 0 Å². The second kappa shape index (κ2) is 5.17. The Balaban J connectivity index is 2.28. The number of ether oxygens (including phenoxy) is 1. The highest BCUT2D eigenvalue weighted by Crippen LogP contribution is 2.29. The molecule has 1 aromatic carbocycles. The molecule has 1 N–H and O–H groups in total. The Hall–Kier alpha value is -1.58. The van der Waals surface area contributed by atoms with Crippen LogP contribution in [-0.2, 0) is 6.61 Å². The van der Waals surface area contributed by atoms with Crippen molar-refractivity contribution < 1.29 is 9.84 Å². The lowest BCUT2D eigenvalue weighted by Gasteiger charge is -2.09. The van der Waals surface area contributed by atoms with Crippen LogP contribution in [0, 0.1) is 6.92 Å². The second-order valence-corrected chi connectivity index (χ2v) is 4.06. The Kier molecular flexibility index (Phi) is 3.61. The molecule has 0 saturated heterocycles. The summed E-state index contributed by atoms with van der Waals surface area (Å²) < 4.78 is 5.61. The molecule has 1 heterocycles. The fourth-order valence-corrected chi connectivity index (χ4v) is 1.62. The number of aromatic nitrogens is 1. The van der Waals surface area contributed by atoms with E-state index in [1.807, 2.05) is 25.1 Å². The van der Waals surface area contributed by atoms with Gasteiger partial charge in [0, 0.05) is 11.8 Å². The first-order valence-electron chi connectivity index (χ1n) is 5.19. The average molecular weight is 250 g/mol. The standard InChI is InChI=1S/C13H12ClNO2/c1-9-6-10(8-16)7-15-13(9)17-12-5-3-2-4-11(12)14/h2-7,16H,8H2,1H3. The Morgan fingerprint density at radius 2 is 2.12 bits per heavy atom. The molecule has 0 bridgehead atoms. The summed E-state index contributed by atoms with van der Waals surface area (Å²) in [5.74, 6) is 1.07. The zero-order chi connectivity index (χ0) is 12.3. The van der Waals surface area contributed by atoms with Crippen LogP contribution in [0.5, 0.6) is 11.6 Å². The minimum Gasteiger partial charge on any atom is -0.437 e. The van der Waals surface area contributed by atoms with E-state index in [1.165, 1.54) is 0 Å². The van der Waals surface area contributed by atoms with Crippen molar-refractivity contribution >= 4 is 11.6 Å². The lowest BCUT2D eigenvalue weighted by atomic mass is 10.2. The third kappa shape index (κ3) is 2.75. The van der Waals surface area contributed by atoms with Crippen LogP contribution in [0.1, 0.15) is 11.1 Å². The number of aryl methyl sites for hydroxylation is 1. The van der Waals surface area contributed by atoms with Crippen LogP contribution < -0.4 is 4.74 Å². The van der Waals surface area contributed by atoms with Crippen molar-refractivity contribution in [1.29, 1.82) is 0 Å². The van der Waals surface area contributed by atoms with E-state index in [1.54, 1.807) is 18.3 Å². The quantitative estimate of drug-likeness (QED) is 0.907. The van der Waals surface area contributed by atoms with Crippen LogP contribution in [-0.4, -0.2) is 10.1 Å². The minimum absolute atomic E-state index is 0.0276. The van der Waals surface area contributed by atoms with Gasteiger partial charge in [-0.05, 0) is 30.7 Å². The number of hydrogen-bond donors (Lipinski definition) is 1. The van der Waals surface area contributed by atoms with E-state index >= 15 is 0 Å². The van der Waals surface area contributed by atoms with Crippen LogP contribution in [0.25, 0.3) is 0 Å². The van der Waals surface area contributed by atoms with Gasteiger partial charge in [-0.1, -0.05) is 23.7 Å². The molecule has 0 aliphatic carbocycles. The topological polar surface area (TPSA) is 42.4 Å². The number of benzene rings is 1. The molecule has 2 rings (SSSR count). The van der Waals surface area contributed by atoms with Crippen LogP contribution in [0.2, 0.25) is 5.02 Å². The fraction of sp³-hybridized carbons (Fsp3) is 0.154. The van der Waals surface area contributed by atoms with Crippen LogP contribution in [0.15, 0.2) is 36.5 Å². The first-order valence-corrected chi connectivity index (χ1v) is 5.57. The van der Waals surface area contributed by atoms with E-state index in [0.717, 1.165) is 11.1 Å². The first kappa shape index (κ1) is 11.9. The third-order valence-corrected chi connectivity index (χ3v) is 2.62. The number of aliphatic hydroxyl groups is 1. The molecule has 0 saturated carbocycles. The number of hydrogen-bond acceptors (Lipinski definition) is 3. The normalized spacial score (nSPS) is 10.3. The average Bonchev–Trinajstić information content (AvgIpc) is 2.34. The van der Waals surface area contributed by atoms with Crippen molar-refractivity contribution in [3.05, 3.63) is 52.7 Å². The summed E-state index contributed by atoms with van der Waals surface area (Å²) in [6.45, 7) is 1.85. The third-order valence-electron chi connectivity index (χ3n) is 2.31. The van der Waals surface area contributed by atoms with Gasteiger partial charge in [0.15, 0.2) is 0 Å². The molecule has 4 heteroatoms. The van der Waals surface area contributed by atoms with E-state index in [9.17, 15) is 0 Å². The molecule has 0 unspecified atom stereocenters. The van der Waals surface area contributed by atoms with Gasteiger partial charge in [0.2, 0.25) is 5.88 Å². The Morgan fingerprint density at radius 3 is 2.76 bits per heavy atom. The number of halogens is 1. The largest absolute Gasteiger partial charge is 0.437 e. The van der Waals surface area contributed by atoms with Crippen molar-refractivity contribution in [1.82, 2.24) is 4.98 Å². The summed E-state index contributed by atoms with van der Waals surface area (Å²) in [6, 6.07) is 9.06. The van der Waals surface area contributed by atoms with Gasteiger partial charge in [-0.2, -0.15) is 0 Å². The number of nitrogens with zero attached hydrogens (tertiary/aromatic N) is 1. The summed E-state index contributed by atoms with van der Waals surface area (Å²) in [7, 11) is 0. The molecular weight excluding hydrogens is 238 g/mol. The van der Waals surface area contributed by atoms with E-state index in [0.29, 0.717) is 16.7 Å². The van der Waals surface area contributed by atoms with Crippen molar-refractivity contribution in [2.75, 3.05) is 0 Å². The SMILES string of the molecule is Cc1cc(CO)cnc1Oc1ccccc1Cl. The van der Waals surface area contributed by atoms with Gasteiger partial charge in [0.1, 0.15) is 5.75 Å². The van der Waals surface area contributed by atoms with Crippen molar-refractivity contribution in [2.24, 2.45) is 0 Å². The second-order valence-electron chi connectivity index (χ2n) is 3.66. The number of aliphatic hydroxyl groups excluding tert-OH is 1. The molecule has 0 fully saturated rings. The zero-order valence-electron chi connectivity index (χ0n) is 9.35. The van der Waals surface area contributed by atoms with Crippen LogP contribution >= 0.6 is 11.6 Å². The molecule has 2 aromatic rings. The molecule has 0 aliphatic rings. The minimum atomic E-state index is -0.0276. The van der Waals surface area contributed by atoms with Gasteiger partial charge in [-0.15, -0.1) is 0 Å². The van der Waals surface area contributed by atoms with E-state index in [2.05, 4.69) is 4.98 Å². The van der Waals surface area contributed by atoms with Crippen LogP contribution in [0.4, 0.5) is 0 Å². The fourth-order valence-electron chi connectivity index (χ4n) is 1.45. The monoisotopic (exact) mass is 249 g/mol. The summed E-state index contributed by atoms with van der Waals surface area (Å²) in [6.07, 6.45) is 1.58. The molecule has 0 aliphatic heterocycles. The summed E-state index contributed by atoms with van der Waals surface area (Å²) in [5, 5.41) is 9.53. The molecule has 1 aromatic heterocycles. The van der Waals surface area contributed by atoms with Gasteiger partial charge in [-0.25, -0.2) is 4.98 Å². The predicted molar refractivity (Wildman–Crippen MR) is 66.4 cm³/mol. The van der Waals surface area contributed by atoms with Gasteiger partial charge in [0.25, 0.3) is 0 Å². The van der Waals surface area contributed by atoms with Gasteiger partial charge in [0.05, 0.1) is 11.6 Å².